The lowest BCUT2D eigenvalue weighted by Gasteiger charge is -2.17. The highest BCUT2D eigenvalue weighted by atomic mass is 32.2. The number of rotatable bonds is 5. The van der Waals surface area contributed by atoms with E-state index in [0.29, 0.717) is 22.7 Å². The van der Waals surface area contributed by atoms with Crippen molar-refractivity contribution in [3.8, 4) is 0 Å². The van der Waals surface area contributed by atoms with E-state index in [1.165, 1.54) is 18.6 Å². The van der Waals surface area contributed by atoms with Crippen LogP contribution in [0.5, 0.6) is 0 Å². The standard InChI is InChI=1S/C17H18F3N3O2S/c18-17(19,20)12-6-8-13(9-7-12)21-14(24)10-26-16-23-22-15(25-16)11-4-2-1-3-5-11/h6-9,11H,1-5,10H2,(H,21,24). The average Bonchev–Trinajstić information content (AvgIpc) is 3.09. The number of alkyl halides is 3. The molecule has 1 aliphatic rings. The van der Waals surface area contributed by atoms with Crippen molar-refractivity contribution in [3.05, 3.63) is 35.7 Å². The number of carbonyl (C=O) groups is 1. The first-order valence-corrected chi connectivity index (χ1v) is 9.34. The minimum absolute atomic E-state index is 0.0350. The van der Waals surface area contributed by atoms with Gasteiger partial charge in [-0.25, -0.2) is 0 Å². The Morgan fingerprint density at radius 3 is 2.50 bits per heavy atom. The molecule has 1 fully saturated rings. The van der Waals surface area contributed by atoms with Gasteiger partial charge in [0.1, 0.15) is 0 Å². The van der Waals surface area contributed by atoms with E-state index < -0.39 is 11.7 Å². The molecule has 0 aliphatic heterocycles. The molecule has 1 aromatic heterocycles. The summed E-state index contributed by atoms with van der Waals surface area (Å²) in [6.45, 7) is 0. The Bertz CT molecular complexity index is 740. The number of nitrogens with zero attached hydrogens (tertiary/aromatic N) is 2. The topological polar surface area (TPSA) is 68.0 Å². The molecule has 5 nitrogen and oxygen atoms in total. The van der Waals surface area contributed by atoms with E-state index in [1.54, 1.807) is 0 Å². The van der Waals surface area contributed by atoms with Gasteiger partial charge in [-0.2, -0.15) is 13.2 Å². The fraction of sp³-hybridized carbons (Fsp3) is 0.471. The molecule has 2 aromatic rings. The number of carbonyl (C=O) groups excluding carboxylic acids is 1. The first kappa shape index (κ1) is 18.8. The van der Waals surface area contributed by atoms with Crippen molar-refractivity contribution in [3.63, 3.8) is 0 Å². The van der Waals surface area contributed by atoms with Gasteiger partial charge in [0.15, 0.2) is 0 Å². The lowest BCUT2D eigenvalue weighted by Crippen LogP contribution is -2.14. The van der Waals surface area contributed by atoms with Gasteiger partial charge in [0.05, 0.1) is 11.3 Å². The fourth-order valence-corrected chi connectivity index (χ4v) is 3.43. The van der Waals surface area contributed by atoms with Crippen molar-refractivity contribution in [2.75, 3.05) is 11.1 Å². The third-order valence-electron chi connectivity index (χ3n) is 4.20. The van der Waals surface area contributed by atoms with Crippen molar-refractivity contribution in [2.24, 2.45) is 0 Å². The summed E-state index contributed by atoms with van der Waals surface area (Å²) in [5.41, 5.74) is -0.456. The third-order valence-corrected chi connectivity index (χ3v) is 5.02. The molecule has 1 heterocycles. The molecule has 140 valence electrons. The summed E-state index contributed by atoms with van der Waals surface area (Å²) in [5, 5.41) is 10.9. The summed E-state index contributed by atoms with van der Waals surface area (Å²) < 4.78 is 43.2. The van der Waals surface area contributed by atoms with Gasteiger partial charge in [0.2, 0.25) is 11.8 Å². The van der Waals surface area contributed by atoms with Gasteiger partial charge in [-0.1, -0.05) is 31.0 Å². The van der Waals surface area contributed by atoms with Gasteiger partial charge in [-0.3, -0.25) is 4.79 Å². The van der Waals surface area contributed by atoms with Crippen molar-refractivity contribution >= 4 is 23.4 Å². The number of hydrogen-bond acceptors (Lipinski definition) is 5. The highest BCUT2D eigenvalue weighted by Crippen LogP contribution is 2.33. The largest absolute Gasteiger partial charge is 0.416 e. The van der Waals surface area contributed by atoms with Crippen LogP contribution in [0.2, 0.25) is 0 Å². The molecule has 0 radical (unpaired) electrons. The maximum absolute atomic E-state index is 12.5. The van der Waals surface area contributed by atoms with Crippen molar-refractivity contribution in [1.82, 2.24) is 10.2 Å². The van der Waals surface area contributed by atoms with Crippen molar-refractivity contribution < 1.29 is 22.4 Å². The summed E-state index contributed by atoms with van der Waals surface area (Å²) >= 11 is 1.11. The second kappa shape index (κ2) is 8.11. The van der Waals surface area contributed by atoms with Gasteiger partial charge in [0.25, 0.3) is 5.22 Å². The van der Waals surface area contributed by atoms with Gasteiger partial charge in [-0.05, 0) is 37.1 Å². The number of benzene rings is 1. The average molecular weight is 385 g/mol. The van der Waals surface area contributed by atoms with E-state index in [2.05, 4.69) is 15.5 Å². The molecule has 9 heteroatoms. The number of halogens is 3. The second-order valence-corrected chi connectivity index (χ2v) is 7.08. The van der Waals surface area contributed by atoms with Crippen LogP contribution in [0.4, 0.5) is 18.9 Å². The fourth-order valence-electron chi connectivity index (χ4n) is 2.86. The first-order chi connectivity index (χ1) is 12.4. The third kappa shape index (κ3) is 5.00. The molecule has 3 rings (SSSR count). The smallest absolute Gasteiger partial charge is 0.416 e. The number of hydrogen-bond donors (Lipinski definition) is 1. The summed E-state index contributed by atoms with van der Waals surface area (Å²) in [5.74, 6) is 0.599. The Balaban J connectivity index is 1.49. The van der Waals surface area contributed by atoms with Crippen LogP contribution in [0.1, 0.15) is 49.5 Å². The highest BCUT2D eigenvalue weighted by Gasteiger charge is 2.30. The molecular formula is C17H18F3N3O2S. The van der Waals surface area contributed by atoms with E-state index in [-0.39, 0.29) is 11.7 Å². The molecular weight excluding hydrogens is 367 g/mol. The van der Waals surface area contributed by atoms with Gasteiger partial charge >= 0.3 is 6.18 Å². The van der Waals surface area contributed by atoms with E-state index in [4.69, 9.17) is 4.42 Å². The molecule has 0 saturated heterocycles. The molecule has 1 saturated carbocycles. The molecule has 26 heavy (non-hydrogen) atoms. The zero-order valence-corrected chi connectivity index (χ0v) is 14.7. The van der Waals surface area contributed by atoms with Gasteiger partial charge in [-0.15, -0.1) is 10.2 Å². The summed E-state index contributed by atoms with van der Waals surface area (Å²) in [7, 11) is 0. The van der Waals surface area contributed by atoms with E-state index in [1.807, 2.05) is 0 Å². The Kier molecular flexibility index (Phi) is 5.85. The summed E-state index contributed by atoms with van der Waals surface area (Å²) in [4.78, 5) is 11.9. The van der Waals surface area contributed by atoms with Gasteiger partial charge in [0, 0.05) is 11.6 Å². The molecule has 1 amide bonds. The van der Waals surface area contributed by atoms with Crippen LogP contribution in [0, 0.1) is 0 Å². The zero-order chi connectivity index (χ0) is 18.6. The quantitative estimate of drug-likeness (QED) is 0.744. The number of thioether (sulfide) groups is 1. The normalized spacial score (nSPS) is 15.8. The predicted molar refractivity (Wildman–Crippen MR) is 90.9 cm³/mol. The maximum atomic E-state index is 12.5. The zero-order valence-electron chi connectivity index (χ0n) is 13.9. The van der Waals surface area contributed by atoms with Crippen molar-refractivity contribution in [2.45, 2.75) is 49.4 Å². The number of aromatic nitrogens is 2. The number of nitrogens with one attached hydrogen (secondary N) is 1. The van der Waals surface area contributed by atoms with Crippen molar-refractivity contribution in [1.29, 1.82) is 0 Å². The Hall–Kier alpha value is -2.03. The Morgan fingerprint density at radius 2 is 1.85 bits per heavy atom. The minimum atomic E-state index is -4.40. The summed E-state index contributed by atoms with van der Waals surface area (Å²) in [6, 6.07) is 4.30. The van der Waals surface area contributed by atoms with Crippen LogP contribution in [0.15, 0.2) is 33.9 Å². The number of amides is 1. The van der Waals surface area contributed by atoms with E-state index in [0.717, 1.165) is 49.6 Å². The first-order valence-electron chi connectivity index (χ1n) is 8.35. The molecule has 0 spiro atoms. The van der Waals surface area contributed by atoms with Crippen LogP contribution < -0.4 is 5.32 Å². The Morgan fingerprint density at radius 1 is 1.15 bits per heavy atom. The Labute approximate surface area is 152 Å². The van der Waals surface area contributed by atoms with Crippen LogP contribution in [0.3, 0.4) is 0 Å². The van der Waals surface area contributed by atoms with Crippen LogP contribution in [-0.4, -0.2) is 21.9 Å². The highest BCUT2D eigenvalue weighted by molar-refractivity contribution is 7.99. The molecule has 0 unspecified atom stereocenters. The van der Waals surface area contributed by atoms with Crippen LogP contribution >= 0.6 is 11.8 Å². The predicted octanol–water partition coefficient (Wildman–Crippen LogP) is 4.87. The van der Waals surface area contributed by atoms with Gasteiger partial charge < -0.3 is 9.73 Å². The number of anilines is 1. The van der Waals surface area contributed by atoms with E-state index >= 15 is 0 Å². The lowest BCUT2D eigenvalue weighted by molar-refractivity contribution is -0.137. The SMILES string of the molecule is O=C(CSc1nnc(C2CCCCC2)o1)Nc1ccc(C(F)(F)F)cc1. The monoisotopic (exact) mass is 385 g/mol. The molecule has 1 aliphatic carbocycles. The molecule has 1 N–H and O–H groups in total. The minimum Gasteiger partial charge on any atom is -0.416 e. The second-order valence-electron chi connectivity index (χ2n) is 6.15. The van der Waals surface area contributed by atoms with E-state index in [9.17, 15) is 18.0 Å². The molecule has 0 atom stereocenters. The lowest BCUT2D eigenvalue weighted by atomic mass is 9.89. The maximum Gasteiger partial charge on any atom is 0.416 e. The summed E-state index contributed by atoms with van der Waals surface area (Å²) in [6.07, 6.45) is 1.24. The van der Waals surface area contributed by atoms with Crippen LogP contribution in [-0.2, 0) is 11.0 Å². The molecule has 0 bridgehead atoms. The molecule has 1 aromatic carbocycles. The van der Waals surface area contributed by atoms with Crippen LogP contribution in [0.25, 0.3) is 0 Å².